The van der Waals surface area contributed by atoms with Crippen LogP contribution in [0.2, 0.25) is 0 Å². The van der Waals surface area contributed by atoms with Gasteiger partial charge in [0.2, 0.25) is 0 Å². The molecule has 0 saturated heterocycles. The Morgan fingerprint density at radius 2 is 2.50 bits per heavy atom. The molecular weight excluding hydrogens is 172 g/mol. The van der Waals surface area contributed by atoms with Crippen molar-refractivity contribution in [1.29, 1.82) is 0 Å². The molecule has 2 aliphatic heterocycles. The maximum atomic E-state index is 5.05. The molecule has 2 heterocycles. The minimum Gasteiger partial charge on any atom is -0.481 e. The van der Waals surface area contributed by atoms with Gasteiger partial charge in [-0.3, -0.25) is 4.99 Å². The molecule has 2 rings (SSSR count). The van der Waals surface area contributed by atoms with Crippen molar-refractivity contribution >= 4 is 23.2 Å². The largest absolute Gasteiger partial charge is 0.481 e. The van der Waals surface area contributed by atoms with Crippen molar-refractivity contribution in [2.75, 3.05) is 12.4 Å². The van der Waals surface area contributed by atoms with Crippen molar-refractivity contribution in [3.05, 3.63) is 0 Å². The number of aliphatic imine (C=N–C) groups is 2. The van der Waals surface area contributed by atoms with E-state index in [1.807, 2.05) is 0 Å². The van der Waals surface area contributed by atoms with E-state index in [2.05, 4.69) is 23.8 Å². The molecule has 0 saturated carbocycles. The molecule has 2 aliphatic rings. The Bertz CT molecular complexity index is 247. The molecule has 0 aromatic rings. The van der Waals surface area contributed by atoms with Crippen molar-refractivity contribution < 1.29 is 4.74 Å². The van der Waals surface area contributed by atoms with Crippen LogP contribution in [-0.2, 0) is 4.74 Å². The Hall–Kier alpha value is -0.510. The Balaban J connectivity index is 2.10. The molecule has 4 heteroatoms. The lowest BCUT2D eigenvalue weighted by Gasteiger charge is -2.09. The van der Waals surface area contributed by atoms with Gasteiger partial charge in [-0.25, -0.2) is 4.99 Å². The van der Waals surface area contributed by atoms with E-state index in [0.717, 1.165) is 10.8 Å². The van der Waals surface area contributed by atoms with Crippen molar-refractivity contribution in [3.8, 4) is 0 Å². The number of thioether (sulfide) groups is 1. The van der Waals surface area contributed by atoms with Gasteiger partial charge in [0.05, 0.1) is 10.6 Å². The number of ether oxygens (including phenoxy) is 1. The molecule has 1 atom stereocenters. The predicted molar refractivity (Wildman–Crippen MR) is 52.2 cm³/mol. The molecule has 0 aromatic carbocycles. The molecular formula is C8H12N2OS. The van der Waals surface area contributed by atoms with Crippen LogP contribution in [-0.4, -0.2) is 35.4 Å². The zero-order chi connectivity index (χ0) is 8.60. The fraction of sp³-hybridized carbons (Fsp3) is 0.750. The zero-order valence-corrected chi connectivity index (χ0v) is 8.10. The van der Waals surface area contributed by atoms with Crippen LogP contribution in [0.25, 0.3) is 0 Å². The Kier molecular flexibility index (Phi) is 1.87. The summed E-state index contributed by atoms with van der Waals surface area (Å²) in [6.07, 6.45) is 1.53. The van der Waals surface area contributed by atoms with E-state index in [-0.39, 0.29) is 11.6 Å². The maximum Gasteiger partial charge on any atom is 0.170 e. The first-order chi connectivity index (χ1) is 5.67. The number of hydrogen-bond donors (Lipinski definition) is 0. The summed E-state index contributed by atoms with van der Waals surface area (Å²) in [6, 6.07) is 0.178. The normalized spacial score (nSPS) is 31.8. The van der Waals surface area contributed by atoms with E-state index in [4.69, 9.17) is 4.74 Å². The van der Waals surface area contributed by atoms with E-state index in [1.54, 1.807) is 11.8 Å². The first-order valence-corrected chi connectivity index (χ1v) is 5.02. The third kappa shape index (κ3) is 1.48. The first kappa shape index (κ1) is 8.10. The van der Waals surface area contributed by atoms with Crippen molar-refractivity contribution in [2.45, 2.75) is 25.4 Å². The van der Waals surface area contributed by atoms with E-state index >= 15 is 0 Å². The molecule has 0 aromatic heterocycles. The Morgan fingerprint density at radius 1 is 1.67 bits per heavy atom. The lowest BCUT2D eigenvalue weighted by molar-refractivity contribution is 0.349. The Morgan fingerprint density at radius 3 is 3.00 bits per heavy atom. The van der Waals surface area contributed by atoms with Gasteiger partial charge in [-0.05, 0) is 13.8 Å². The summed E-state index contributed by atoms with van der Waals surface area (Å²) in [6.45, 7) is 4.96. The van der Waals surface area contributed by atoms with Gasteiger partial charge >= 0.3 is 0 Å². The predicted octanol–water partition coefficient (Wildman–Crippen LogP) is 1.34. The first-order valence-electron chi connectivity index (χ1n) is 4.03. The molecule has 0 N–H and O–H groups in total. The fourth-order valence-corrected chi connectivity index (χ4v) is 2.41. The molecule has 1 unspecified atom stereocenters. The van der Waals surface area contributed by atoms with Gasteiger partial charge in [-0.2, -0.15) is 0 Å². The Labute approximate surface area is 76.3 Å². The van der Waals surface area contributed by atoms with E-state index in [0.29, 0.717) is 6.61 Å². The van der Waals surface area contributed by atoms with Gasteiger partial charge in [0, 0.05) is 5.75 Å². The van der Waals surface area contributed by atoms with Gasteiger partial charge in [0.1, 0.15) is 12.6 Å². The van der Waals surface area contributed by atoms with Gasteiger partial charge < -0.3 is 4.74 Å². The zero-order valence-electron chi connectivity index (χ0n) is 7.28. The maximum absolute atomic E-state index is 5.05. The molecule has 3 nitrogen and oxygen atoms in total. The van der Waals surface area contributed by atoms with Crippen LogP contribution in [0.5, 0.6) is 0 Å². The lowest BCUT2D eigenvalue weighted by Crippen LogP contribution is -2.17. The molecule has 66 valence electrons. The summed E-state index contributed by atoms with van der Waals surface area (Å²) in [5.41, 5.74) is 0.0953. The standard InChI is InChI=1S/C8H12N2OS/c1-8(2)4-12-7(10-8)6-3-11-5-9-6/h5-6H,3-4H2,1-2H3. The molecule has 0 amide bonds. The molecule has 0 bridgehead atoms. The minimum absolute atomic E-state index is 0.0953. The second-order valence-electron chi connectivity index (χ2n) is 3.65. The van der Waals surface area contributed by atoms with Crippen LogP contribution in [0.15, 0.2) is 9.98 Å². The van der Waals surface area contributed by atoms with Crippen LogP contribution >= 0.6 is 11.8 Å². The molecule has 12 heavy (non-hydrogen) atoms. The van der Waals surface area contributed by atoms with Crippen LogP contribution in [0.3, 0.4) is 0 Å². The quantitative estimate of drug-likeness (QED) is 0.616. The van der Waals surface area contributed by atoms with Gasteiger partial charge in [-0.1, -0.05) is 0 Å². The summed E-state index contributed by atoms with van der Waals surface area (Å²) < 4.78 is 5.05. The molecule has 0 aliphatic carbocycles. The van der Waals surface area contributed by atoms with Crippen LogP contribution in [0, 0.1) is 0 Å². The number of hydrogen-bond acceptors (Lipinski definition) is 4. The summed E-state index contributed by atoms with van der Waals surface area (Å²) >= 11 is 1.80. The highest BCUT2D eigenvalue weighted by Crippen LogP contribution is 2.29. The summed E-state index contributed by atoms with van der Waals surface area (Å²) in [5.74, 6) is 1.06. The summed E-state index contributed by atoms with van der Waals surface area (Å²) in [4.78, 5) is 8.77. The van der Waals surface area contributed by atoms with Crippen molar-refractivity contribution in [2.24, 2.45) is 9.98 Å². The fourth-order valence-electron chi connectivity index (χ4n) is 1.21. The second-order valence-corrected chi connectivity index (χ2v) is 4.65. The van der Waals surface area contributed by atoms with E-state index in [9.17, 15) is 0 Å². The van der Waals surface area contributed by atoms with E-state index < -0.39 is 0 Å². The lowest BCUT2D eigenvalue weighted by atomic mass is 10.1. The topological polar surface area (TPSA) is 34.0 Å². The average Bonchev–Trinajstić information content (AvgIpc) is 2.55. The average molecular weight is 184 g/mol. The number of nitrogens with zero attached hydrogens (tertiary/aromatic N) is 2. The minimum atomic E-state index is 0.0953. The molecule has 0 radical (unpaired) electrons. The van der Waals surface area contributed by atoms with Gasteiger partial charge in [-0.15, -0.1) is 11.8 Å². The van der Waals surface area contributed by atoms with Gasteiger partial charge in [0.15, 0.2) is 6.40 Å². The van der Waals surface area contributed by atoms with Gasteiger partial charge in [0.25, 0.3) is 0 Å². The van der Waals surface area contributed by atoms with E-state index in [1.165, 1.54) is 6.40 Å². The summed E-state index contributed by atoms with van der Waals surface area (Å²) in [7, 11) is 0. The smallest absolute Gasteiger partial charge is 0.170 e. The van der Waals surface area contributed by atoms with Crippen LogP contribution in [0.4, 0.5) is 0 Å². The van der Waals surface area contributed by atoms with Crippen LogP contribution in [0.1, 0.15) is 13.8 Å². The third-order valence-corrected chi connectivity index (χ3v) is 3.35. The van der Waals surface area contributed by atoms with Crippen molar-refractivity contribution in [1.82, 2.24) is 0 Å². The van der Waals surface area contributed by atoms with Crippen LogP contribution < -0.4 is 0 Å². The highest BCUT2D eigenvalue weighted by atomic mass is 32.2. The molecule has 0 spiro atoms. The third-order valence-electron chi connectivity index (χ3n) is 1.84. The van der Waals surface area contributed by atoms with Crippen molar-refractivity contribution in [3.63, 3.8) is 0 Å². The number of rotatable bonds is 1. The highest BCUT2D eigenvalue weighted by molar-refractivity contribution is 8.14. The monoisotopic (exact) mass is 184 g/mol. The SMILES string of the molecule is CC1(C)CSC(C2COC=N2)=N1. The summed E-state index contributed by atoms with van der Waals surface area (Å²) in [5, 5.41) is 1.13. The highest BCUT2D eigenvalue weighted by Gasteiger charge is 2.30. The molecule has 0 fully saturated rings. The second kappa shape index (κ2) is 2.76.